The zero-order valence-corrected chi connectivity index (χ0v) is 8.59. The number of urea groups is 1. The number of hydrogen-bond donors (Lipinski definition) is 7. The lowest BCUT2D eigenvalue weighted by molar-refractivity contribution is -0.136. The molecule has 9 N–H and O–H groups in total. The van der Waals surface area contributed by atoms with Crippen LogP contribution in [-0.4, -0.2) is 64.3 Å². The quantitative estimate of drug-likeness (QED) is 0.250. The summed E-state index contributed by atoms with van der Waals surface area (Å²) in [7, 11) is 0. The summed E-state index contributed by atoms with van der Waals surface area (Å²) in [5.41, 5.74) is 7.19. The molecule has 0 aromatic heterocycles. The monoisotopic (exact) mass is 239 g/mol. The van der Waals surface area contributed by atoms with Crippen LogP contribution < -0.4 is 16.8 Å². The number of hydrogen-bond acceptors (Lipinski definition) is 6. The van der Waals surface area contributed by atoms with Gasteiger partial charge in [0.05, 0.1) is 31.9 Å². The summed E-state index contributed by atoms with van der Waals surface area (Å²) in [6, 6.07) is -0.833. The molecule has 0 spiro atoms. The van der Waals surface area contributed by atoms with E-state index in [9.17, 15) is 4.79 Å². The summed E-state index contributed by atoms with van der Waals surface area (Å²) in [6.07, 6.45) is 0. The largest absolute Gasteiger partial charge is 0.480 e. The van der Waals surface area contributed by atoms with Crippen molar-refractivity contribution in [2.75, 3.05) is 26.4 Å². The zero-order valence-electron chi connectivity index (χ0n) is 8.59. The highest BCUT2D eigenvalue weighted by Gasteiger charge is 2.27. The lowest BCUT2D eigenvalue weighted by Crippen LogP contribution is -2.56. The van der Waals surface area contributed by atoms with E-state index in [2.05, 4.69) is 16.8 Å². The number of rotatable bonds is 6. The van der Waals surface area contributed by atoms with E-state index in [0.29, 0.717) is 0 Å². The van der Waals surface area contributed by atoms with E-state index in [1.165, 1.54) is 0 Å². The molecule has 0 aliphatic carbocycles. The Morgan fingerprint density at radius 3 is 1.56 bits per heavy atom. The molecule has 0 bridgehead atoms. The van der Waals surface area contributed by atoms with E-state index in [-0.39, 0.29) is 0 Å². The van der Waals surface area contributed by atoms with Crippen molar-refractivity contribution in [2.24, 2.45) is 11.5 Å². The lowest BCUT2D eigenvalue weighted by Gasteiger charge is -2.27. The molecule has 0 aliphatic heterocycles. The van der Waals surface area contributed by atoms with Crippen LogP contribution in [0.4, 0.5) is 4.79 Å². The van der Waals surface area contributed by atoms with E-state index in [0.717, 1.165) is 0 Å². The smallest absolute Gasteiger partial charge is 0.317 e. The molecule has 96 valence electrons. The van der Waals surface area contributed by atoms with E-state index in [4.69, 9.17) is 25.2 Å². The number of carboxylic acid groups (broad SMARTS) is 1. The predicted octanol–water partition coefficient (Wildman–Crippen LogP) is -3.60. The molecule has 0 aromatic carbocycles. The van der Waals surface area contributed by atoms with Crippen LogP contribution in [0.1, 0.15) is 0 Å². The molecule has 0 radical (unpaired) electrons. The van der Waals surface area contributed by atoms with Gasteiger partial charge in [-0.1, -0.05) is 0 Å². The molecule has 0 fully saturated rings. The van der Waals surface area contributed by atoms with Crippen LogP contribution >= 0.6 is 0 Å². The maximum Gasteiger partial charge on any atom is 0.317 e. The van der Waals surface area contributed by atoms with Gasteiger partial charge in [0.15, 0.2) is 0 Å². The average Bonchev–Trinajstić information content (AvgIpc) is 2.20. The van der Waals surface area contributed by atoms with E-state index >= 15 is 0 Å². The van der Waals surface area contributed by atoms with Crippen LogP contribution in [0.5, 0.6) is 0 Å². The van der Waals surface area contributed by atoms with Gasteiger partial charge in [0.25, 0.3) is 0 Å². The molecule has 0 saturated carbocycles. The van der Waals surface area contributed by atoms with Crippen LogP contribution in [0.15, 0.2) is 0 Å². The first-order valence-corrected chi connectivity index (χ1v) is 4.18. The normalized spacial score (nSPS) is 10.2. The maximum absolute atomic E-state index is 10.1. The Balaban J connectivity index is 0. The van der Waals surface area contributed by atoms with Crippen molar-refractivity contribution in [2.45, 2.75) is 5.54 Å². The minimum absolute atomic E-state index is 0.415. The van der Waals surface area contributed by atoms with Crippen LogP contribution in [0.25, 0.3) is 0 Å². The van der Waals surface area contributed by atoms with Gasteiger partial charge in [0.1, 0.15) is 0 Å². The van der Waals surface area contributed by atoms with Gasteiger partial charge in [0, 0.05) is 0 Å². The van der Waals surface area contributed by atoms with Crippen molar-refractivity contribution in [1.82, 2.24) is 5.32 Å². The summed E-state index contributed by atoms with van der Waals surface area (Å²) < 4.78 is 0. The third-order valence-electron chi connectivity index (χ3n) is 1.52. The van der Waals surface area contributed by atoms with Crippen LogP contribution in [0.3, 0.4) is 0 Å². The minimum atomic E-state index is -1.31. The number of aliphatic carboxylic acids is 1. The Labute approximate surface area is 91.7 Å². The lowest BCUT2D eigenvalue weighted by atomic mass is 10.0. The van der Waals surface area contributed by atoms with Crippen molar-refractivity contribution in [1.29, 1.82) is 0 Å². The molecule has 0 aliphatic rings. The number of aliphatic hydroxyl groups excluding tert-OH is 3. The fourth-order valence-corrected chi connectivity index (χ4v) is 0.581. The summed E-state index contributed by atoms with van der Waals surface area (Å²) in [4.78, 5) is 19.1. The van der Waals surface area contributed by atoms with Gasteiger partial charge in [0.2, 0.25) is 0 Å². The molecule has 0 rings (SSSR count). The molecule has 9 heteroatoms. The third-order valence-corrected chi connectivity index (χ3v) is 1.52. The Hall–Kier alpha value is -1.42. The summed E-state index contributed by atoms with van der Waals surface area (Å²) in [5.74, 6) is -1.12. The predicted molar refractivity (Wildman–Crippen MR) is 53.4 cm³/mol. The Morgan fingerprint density at radius 1 is 1.06 bits per heavy atom. The standard InChI is InChI=1S/C6H13NO5.CH4N2O/c8-2-6(3-9,4-10)7-1-5(11)12;2-1(3)4/h7-10H,1-4H2,(H,11,12);(H4,2,3,4). The number of aliphatic hydroxyl groups is 3. The fourth-order valence-electron chi connectivity index (χ4n) is 0.581. The molecule has 9 nitrogen and oxygen atoms in total. The van der Waals surface area contributed by atoms with Crippen molar-refractivity contribution in [3.8, 4) is 0 Å². The SMILES string of the molecule is NC(N)=O.O=C(O)CNC(CO)(CO)CO. The van der Waals surface area contributed by atoms with E-state index in [1.807, 2.05) is 0 Å². The molecule has 0 aromatic rings. The Morgan fingerprint density at radius 2 is 1.38 bits per heavy atom. The summed E-state index contributed by atoms with van der Waals surface area (Å²) in [6.45, 7) is -1.98. The third kappa shape index (κ3) is 9.15. The number of nitrogens with two attached hydrogens (primary N) is 2. The Bertz CT molecular complexity index is 206. The second kappa shape index (κ2) is 8.85. The van der Waals surface area contributed by atoms with Crippen molar-refractivity contribution in [3.63, 3.8) is 0 Å². The second-order valence-electron chi connectivity index (χ2n) is 2.90. The number of primary amides is 2. The number of amides is 2. The van der Waals surface area contributed by atoms with Gasteiger partial charge in [-0.2, -0.15) is 0 Å². The van der Waals surface area contributed by atoms with Gasteiger partial charge in [-0.05, 0) is 0 Å². The van der Waals surface area contributed by atoms with Gasteiger partial charge in [-0.15, -0.1) is 0 Å². The van der Waals surface area contributed by atoms with Gasteiger partial charge >= 0.3 is 12.0 Å². The molecule has 2 amide bonds. The molecule has 0 unspecified atom stereocenters. The molecule has 16 heavy (non-hydrogen) atoms. The molecule has 0 saturated heterocycles. The van der Waals surface area contributed by atoms with Gasteiger partial charge in [-0.25, -0.2) is 4.79 Å². The second-order valence-corrected chi connectivity index (χ2v) is 2.90. The summed E-state index contributed by atoms with van der Waals surface area (Å²) >= 11 is 0. The van der Waals surface area contributed by atoms with Crippen molar-refractivity contribution >= 4 is 12.0 Å². The fraction of sp³-hybridized carbons (Fsp3) is 0.714. The first-order chi connectivity index (χ1) is 7.33. The zero-order chi connectivity index (χ0) is 13.2. The van der Waals surface area contributed by atoms with Crippen LogP contribution in [0, 0.1) is 0 Å². The number of nitrogens with one attached hydrogen (secondary N) is 1. The Kier molecular flexibility index (Phi) is 9.40. The first-order valence-electron chi connectivity index (χ1n) is 4.18. The first kappa shape index (κ1) is 17.0. The number of carbonyl (C=O) groups excluding carboxylic acids is 1. The number of carbonyl (C=O) groups is 2. The average molecular weight is 239 g/mol. The molecule has 0 heterocycles. The molecular formula is C7H17N3O6. The topological polar surface area (TPSA) is 179 Å². The highest BCUT2D eigenvalue weighted by molar-refractivity contribution is 5.69. The molecular weight excluding hydrogens is 222 g/mol. The highest BCUT2D eigenvalue weighted by Crippen LogP contribution is 1.99. The van der Waals surface area contributed by atoms with E-state index < -0.39 is 43.9 Å². The van der Waals surface area contributed by atoms with Crippen LogP contribution in [-0.2, 0) is 4.79 Å². The van der Waals surface area contributed by atoms with Crippen molar-refractivity contribution in [3.05, 3.63) is 0 Å². The van der Waals surface area contributed by atoms with Crippen molar-refractivity contribution < 1.29 is 30.0 Å². The summed E-state index contributed by atoms with van der Waals surface area (Å²) in [5, 5.41) is 36.7. The highest BCUT2D eigenvalue weighted by atomic mass is 16.4. The maximum atomic E-state index is 10.1. The molecule has 0 atom stereocenters. The van der Waals surface area contributed by atoms with Gasteiger partial charge in [-0.3, -0.25) is 10.1 Å². The van der Waals surface area contributed by atoms with E-state index in [1.54, 1.807) is 0 Å². The number of carboxylic acids is 1. The minimum Gasteiger partial charge on any atom is -0.480 e. The van der Waals surface area contributed by atoms with Crippen LogP contribution in [0.2, 0.25) is 0 Å². The van der Waals surface area contributed by atoms with Gasteiger partial charge < -0.3 is 31.9 Å².